The molecule has 1 unspecified atom stereocenters. The predicted molar refractivity (Wildman–Crippen MR) is 79.8 cm³/mol. The van der Waals surface area contributed by atoms with Crippen LogP contribution in [0.3, 0.4) is 0 Å². The Morgan fingerprint density at radius 3 is 2.37 bits per heavy atom. The van der Waals surface area contributed by atoms with Crippen LogP contribution in [0.4, 0.5) is 0 Å². The number of aryl methyl sites for hydroxylation is 2. The van der Waals surface area contributed by atoms with Crippen LogP contribution in [0.1, 0.15) is 28.3 Å². The van der Waals surface area contributed by atoms with E-state index < -0.39 is 0 Å². The van der Waals surface area contributed by atoms with Crippen LogP contribution >= 0.6 is 0 Å². The third-order valence-electron chi connectivity index (χ3n) is 3.60. The Bertz CT molecular complexity index is 563. The topological polar surface area (TPSA) is 21.3 Å². The maximum absolute atomic E-state index is 5.46. The fraction of sp³-hybridized carbons (Fsp3) is 0.294. The SMILES string of the molecule is CNC(c1ccc(C)c(C)c1)c1ccccc1OC. The molecule has 1 N–H and O–H groups in total. The summed E-state index contributed by atoms with van der Waals surface area (Å²) < 4.78 is 5.46. The Morgan fingerprint density at radius 1 is 1.00 bits per heavy atom. The maximum atomic E-state index is 5.46. The molecule has 0 aliphatic heterocycles. The lowest BCUT2D eigenvalue weighted by molar-refractivity contribution is 0.405. The lowest BCUT2D eigenvalue weighted by atomic mass is 9.95. The van der Waals surface area contributed by atoms with Gasteiger partial charge in [-0.1, -0.05) is 36.4 Å². The van der Waals surface area contributed by atoms with E-state index in [4.69, 9.17) is 4.74 Å². The molecule has 2 heteroatoms. The summed E-state index contributed by atoms with van der Waals surface area (Å²) in [4.78, 5) is 0. The minimum atomic E-state index is 0.149. The Hall–Kier alpha value is -1.80. The molecule has 0 spiro atoms. The van der Waals surface area contributed by atoms with Gasteiger partial charge < -0.3 is 10.1 Å². The van der Waals surface area contributed by atoms with E-state index in [1.165, 1.54) is 16.7 Å². The van der Waals surface area contributed by atoms with Crippen molar-refractivity contribution in [3.63, 3.8) is 0 Å². The molecular formula is C17H21NO. The van der Waals surface area contributed by atoms with Crippen LogP contribution in [-0.4, -0.2) is 14.2 Å². The van der Waals surface area contributed by atoms with E-state index in [9.17, 15) is 0 Å². The zero-order valence-corrected chi connectivity index (χ0v) is 12.0. The Morgan fingerprint density at radius 2 is 1.74 bits per heavy atom. The van der Waals surface area contributed by atoms with Crippen LogP contribution in [0.25, 0.3) is 0 Å². The largest absolute Gasteiger partial charge is 0.496 e. The molecule has 1 atom stereocenters. The molecule has 2 nitrogen and oxygen atoms in total. The Kier molecular flexibility index (Phi) is 4.23. The normalized spacial score (nSPS) is 12.2. The zero-order valence-electron chi connectivity index (χ0n) is 12.0. The molecule has 0 saturated heterocycles. The summed E-state index contributed by atoms with van der Waals surface area (Å²) in [5.74, 6) is 0.917. The maximum Gasteiger partial charge on any atom is 0.123 e. The van der Waals surface area contributed by atoms with Gasteiger partial charge in [0.15, 0.2) is 0 Å². The lowest BCUT2D eigenvalue weighted by Gasteiger charge is -2.20. The molecule has 0 fully saturated rings. The van der Waals surface area contributed by atoms with Crippen molar-refractivity contribution in [3.05, 3.63) is 64.7 Å². The molecule has 2 rings (SSSR count). The molecule has 0 heterocycles. The van der Waals surface area contributed by atoms with E-state index in [1.807, 2.05) is 25.2 Å². The van der Waals surface area contributed by atoms with Crippen molar-refractivity contribution in [2.24, 2.45) is 0 Å². The van der Waals surface area contributed by atoms with Crippen LogP contribution in [0.15, 0.2) is 42.5 Å². The van der Waals surface area contributed by atoms with E-state index in [0.717, 1.165) is 11.3 Å². The Balaban J connectivity index is 2.46. The third-order valence-corrected chi connectivity index (χ3v) is 3.60. The molecule has 2 aromatic carbocycles. The van der Waals surface area contributed by atoms with Crippen LogP contribution in [0.5, 0.6) is 5.75 Å². The predicted octanol–water partition coefficient (Wildman–Crippen LogP) is 3.62. The van der Waals surface area contributed by atoms with Gasteiger partial charge in [-0.25, -0.2) is 0 Å². The monoisotopic (exact) mass is 255 g/mol. The summed E-state index contributed by atoms with van der Waals surface area (Å²) in [7, 11) is 3.69. The second-order valence-corrected chi connectivity index (χ2v) is 4.81. The van der Waals surface area contributed by atoms with Crippen LogP contribution in [-0.2, 0) is 0 Å². The average molecular weight is 255 g/mol. The van der Waals surface area contributed by atoms with Gasteiger partial charge >= 0.3 is 0 Å². The summed E-state index contributed by atoms with van der Waals surface area (Å²) in [5, 5.41) is 3.38. The number of para-hydroxylation sites is 1. The van der Waals surface area contributed by atoms with Gasteiger partial charge in [0.1, 0.15) is 5.75 Å². The molecule has 100 valence electrons. The van der Waals surface area contributed by atoms with Gasteiger partial charge in [0.05, 0.1) is 13.2 Å². The molecule has 0 aliphatic carbocycles. The smallest absolute Gasteiger partial charge is 0.123 e. The molecule has 0 aromatic heterocycles. The molecule has 0 bridgehead atoms. The first-order valence-electron chi connectivity index (χ1n) is 6.54. The van der Waals surface area contributed by atoms with Crippen molar-refractivity contribution in [1.29, 1.82) is 0 Å². The molecular weight excluding hydrogens is 234 g/mol. The lowest BCUT2D eigenvalue weighted by Crippen LogP contribution is -2.18. The summed E-state index contributed by atoms with van der Waals surface area (Å²) >= 11 is 0. The van der Waals surface area contributed by atoms with Crippen molar-refractivity contribution in [3.8, 4) is 5.75 Å². The van der Waals surface area contributed by atoms with E-state index >= 15 is 0 Å². The quantitative estimate of drug-likeness (QED) is 0.901. The summed E-state index contributed by atoms with van der Waals surface area (Å²) in [6.07, 6.45) is 0. The first-order chi connectivity index (χ1) is 9.17. The van der Waals surface area contributed by atoms with E-state index in [2.05, 4.69) is 43.4 Å². The molecule has 0 amide bonds. The minimum absolute atomic E-state index is 0.149. The zero-order chi connectivity index (χ0) is 13.8. The fourth-order valence-electron chi connectivity index (χ4n) is 2.35. The summed E-state index contributed by atoms with van der Waals surface area (Å²) in [6, 6.07) is 14.9. The van der Waals surface area contributed by atoms with Gasteiger partial charge in [-0.15, -0.1) is 0 Å². The van der Waals surface area contributed by atoms with Crippen LogP contribution in [0.2, 0.25) is 0 Å². The van der Waals surface area contributed by atoms with Gasteiger partial charge in [0.2, 0.25) is 0 Å². The number of rotatable bonds is 4. The number of nitrogens with one attached hydrogen (secondary N) is 1. The molecule has 0 aliphatic rings. The van der Waals surface area contributed by atoms with E-state index in [-0.39, 0.29) is 6.04 Å². The number of benzene rings is 2. The van der Waals surface area contributed by atoms with Gasteiger partial charge in [-0.05, 0) is 43.7 Å². The second kappa shape index (κ2) is 5.89. The first kappa shape index (κ1) is 13.6. The number of methoxy groups -OCH3 is 1. The highest BCUT2D eigenvalue weighted by Gasteiger charge is 2.16. The fourth-order valence-corrected chi connectivity index (χ4v) is 2.35. The van der Waals surface area contributed by atoms with E-state index in [1.54, 1.807) is 7.11 Å². The van der Waals surface area contributed by atoms with Crippen molar-refractivity contribution in [1.82, 2.24) is 5.32 Å². The van der Waals surface area contributed by atoms with Gasteiger partial charge in [-0.2, -0.15) is 0 Å². The van der Waals surface area contributed by atoms with Crippen molar-refractivity contribution < 1.29 is 4.74 Å². The number of hydrogen-bond donors (Lipinski definition) is 1. The van der Waals surface area contributed by atoms with Gasteiger partial charge in [0.25, 0.3) is 0 Å². The van der Waals surface area contributed by atoms with E-state index in [0.29, 0.717) is 0 Å². The van der Waals surface area contributed by atoms with Crippen molar-refractivity contribution in [2.75, 3.05) is 14.2 Å². The van der Waals surface area contributed by atoms with Gasteiger partial charge in [-0.3, -0.25) is 0 Å². The minimum Gasteiger partial charge on any atom is -0.496 e. The highest BCUT2D eigenvalue weighted by Crippen LogP contribution is 2.30. The van der Waals surface area contributed by atoms with Crippen LogP contribution < -0.4 is 10.1 Å². The van der Waals surface area contributed by atoms with Crippen molar-refractivity contribution >= 4 is 0 Å². The molecule has 0 radical (unpaired) electrons. The van der Waals surface area contributed by atoms with Crippen molar-refractivity contribution in [2.45, 2.75) is 19.9 Å². The van der Waals surface area contributed by atoms with Gasteiger partial charge in [0, 0.05) is 5.56 Å². The highest BCUT2D eigenvalue weighted by atomic mass is 16.5. The highest BCUT2D eigenvalue weighted by molar-refractivity contribution is 5.43. The molecule has 0 saturated carbocycles. The molecule has 2 aromatic rings. The first-order valence-corrected chi connectivity index (χ1v) is 6.54. The molecule has 19 heavy (non-hydrogen) atoms. The summed E-state index contributed by atoms with van der Waals surface area (Å²) in [5.41, 5.74) is 5.05. The summed E-state index contributed by atoms with van der Waals surface area (Å²) in [6.45, 7) is 4.28. The number of ether oxygens (including phenoxy) is 1. The van der Waals surface area contributed by atoms with Crippen LogP contribution in [0, 0.1) is 13.8 Å². The average Bonchev–Trinajstić information content (AvgIpc) is 2.44. The Labute approximate surface area is 115 Å². The second-order valence-electron chi connectivity index (χ2n) is 4.81. The number of hydrogen-bond acceptors (Lipinski definition) is 2. The third kappa shape index (κ3) is 2.79. The standard InChI is InChI=1S/C17H21NO/c1-12-9-10-14(11-13(12)2)17(18-3)15-7-5-6-8-16(15)19-4/h5-11,17-18H,1-4H3.